The van der Waals surface area contributed by atoms with Crippen molar-refractivity contribution in [1.82, 2.24) is 0 Å². The second-order valence-electron chi connectivity index (χ2n) is 4.16. The van der Waals surface area contributed by atoms with Crippen molar-refractivity contribution in [2.75, 3.05) is 0 Å². The molecular weight excluding hydrogens is 333 g/mol. The van der Waals surface area contributed by atoms with E-state index in [1.807, 2.05) is 43.3 Å². The molecule has 18 heavy (non-hydrogen) atoms. The van der Waals surface area contributed by atoms with Gasteiger partial charge in [-0.2, -0.15) is 0 Å². The Hall–Kier alpha value is -0.540. The molecule has 1 unspecified atom stereocenters. The van der Waals surface area contributed by atoms with Crippen LogP contribution in [0.4, 0.5) is 0 Å². The van der Waals surface area contributed by atoms with Crippen LogP contribution in [0.1, 0.15) is 22.7 Å². The van der Waals surface area contributed by atoms with Gasteiger partial charge in [0.15, 0.2) is 0 Å². The van der Waals surface area contributed by atoms with Gasteiger partial charge in [0, 0.05) is 9.50 Å². The SMILES string of the molecule is Cc1ccc(C(N)c2ccc(Cl)c(Br)c2)cc1Cl. The first-order valence-corrected chi connectivity index (χ1v) is 7.00. The Morgan fingerprint density at radius 1 is 1.00 bits per heavy atom. The van der Waals surface area contributed by atoms with E-state index in [4.69, 9.17) is 28.9 Å². The molecule has 2 N–H and O–H groups in total. The average molecular weight is 345 g/mol. The third kappa shape index (κ3) is 2.89. The van der Waals surface area contributed by atoms with Crippen molar-refractivity contribution < 1.29 is 0 Å². The molecule has 0 aliphatic rings. The molecule has 4 heteroatoms. The predicted octanol–water partition coefficient (Wildman–Crippen LogP) is 5.11. The summed E-state index contributed by atoms with van der Waals surface area (Å²) in [7, 11) is 0. The first kappa shape index (κ1) is 13.9. The second kappa shape index (κ2) is 5.62. The van der Waals surface area contributed by atoms with Crippen LogP contribution < -0.4 is 5.73 Å². The van der Waals surface area contributed by atoms with Crippen molar-refractivity contribution in [3.05, 3.63) is 67.6 Å². The summed E-state index contributed by atoms with van der Waals surface area (Å²) in [5.41, 5.74) is 9.26. The van der Waals surface area contributed by atoms with Crippen LogP contribution in [-0.2, 0) is 0 Å². The van der Waals surface area contributed by atoms with E-state index >= 15 is 0 Å². The smallest absolute Gasteiger partial charge is 0.0552 e. The largest absolute Gasteiger partial charge is 0.320 e. The Labute approximate surface area is 125 Å². The van der Waals surface area contributed by atoms with Crippen LogP contribution in [0.25, 0.3) is 0 Å². The van der Waals surface area contributed by atoms with Gasteiger partial charge in [-0.3, -0.25) is 0 Å². The summed E-state index contributed by atoms with van der Waals surface area (Å²) in [4.78, 5) is 0. The van der Waals surface area contributed by atoms with Crippen molar-refractivity contribution in [1.29, 1.82) is 0 Å². The maximum absolute atomic E-state index is 6.23. The maximum Gasteiger partial charge on any atom is 0.0552 e. The van der Waals surface area contributed by atoms with E-state index in [2.05, 4.69) is 15.9 Å². The third-order valence-electron chi connectivity index (χ3n) is 2.86. The van der Waals surface area contributed by atoms with E-state index in [0.29, 0.717) is 5.02 Å². The number of hydrogen-bond donors (Lipinski definition) is 1. The second-order valence-corrected chi connectivity index (χ2v) is 5.83. The van der Waals surface area contributed by atoms with Crippen LogP contribution in [0, 0.1) is 6.92 Å². The maximum atomic E-state index is 6.23. The Morgan fingerprint density at radius 3 is 2.22 bits per heavy atom. The summed E-state index contributed by atoms with van der Waals surface area (Å²) in [6.07, 6.45) is 0. The molecule has 0 saturated carbocycles. The topological polar surface area (TPSA) is 26.0 Å². The predicted molar refractivity (Wildman–Crippen MR) is 81.4 cm³/mol. The van der Waals surface area contributed by atoms with E-state index in [1.54, 1.807) is 0 Å². The first-order valence-electron chi connectivity index (χ1n) is 5.45. The zero-order chi connectivity index (χ0) is 13.3. The molecule has 0 heterocycles. The molecule has 0 amide bonds. The van der Waals surface area contributed by atoms with E-state index in [9.17, 15) is 0 Å². The van der Waals surface area contributed by atoms with Gasteiger partial charge in [-0.1, -0.05) is 41.4 Å². The van der Waals surface area contributed by atoms with Gasteiger partial charge >= 0.3 is 0 Å². The number of benzene rings is 2. The van der Waals surface area contributed by atoms with E-state index < -0.39 is 0 Å². The minimum atomic E-state index is -0.211. The molecule has 0 spiro atoms. The summed E-state index contributed by atoms with van der Waals surface area (Å²) in [5, 5.41) is 1.41. The summed E-state index contributed by atoms with van der Waals surface area (Å²) in [6, 6.07) is 11.3. The quantitative estimate of drug-likeness (QED) is 0.804. The normalized spacial score (nSPS) is 12.5. The van der Waals surface area contributed by atoms with Crippen molar-refractivity contribution in [2.24, 2.45) is 5.73 Å². The molecule has 0 aromatic heterocycles. The molecular formula is C14H12BrCl2N. The molecule has 0 aliphatic heterocycles. The Balaban J connectivity index is 2.37. The minimum Gasteiger partial charge on any atom is -0.320 e. The summed E-state index contributed by atoms with van der Waals surface area (Å²) in [5.74, 6) is 0. The van der Waals surface area contributed by atoms with E-state index in [-0.39, 0.29) is 6.04 Å². The number of aryl methyl sites for hydroxylation is 1. The average Bonchev–Trinajstić information content (AvgIpc) is 2.35. The zero-order valence-corrected chi connectivity index (χ0v) is 12.9. The fourth-order valence-electron chi connectivity index (χ4n) is 1.70. The summed E-state index contributed by atoms with van der Waals surface area (Å²) < 4.78 is 0.843. The minimum absolute atomic E-state index is 0.211. The van der Waals surface area contributed by atoms with Crippen LogP contribution >= 0.6 is 39.1 Å². The number of rotatable bonds is 2. The van der Waals surface area contributed by atoms with Crippen molar-refractivity contribution >= 4 is 39.1 Å². The zero-order valence-electron chi connectivity index (χ0n) is 9.75. The molecule has 0 bridgehead atoms. The fourth-order valence-corrected chi connectivity index (χ4v) is 2.40. The molecule has 2 aromatic carbocycles. The molecule has 0 aliphatic carbocycles. The lowest BCUT2D eigenvalue weighted by molar-refractivity contribution is 0.870. The summed E-state index contributed by atoms with van der Waals surface area (Å²) >= 11 is 15.5. The van der Waals surface area contributed by atoms with Crippen molar-refractivity contribution in [3.63, 3.8) is 0 Å². The summed E-state index contributed by atoms with van der Waals surface area (Å²) in [6.45, 7) is 1.97. The van der Waals surface area contributed by atoms with Crippen LogP contribution in [0.2, 0.25) is 10.0 Å². The van der Waals surface area contributed by atoms with Gasteiger partial charge in [0.2, 0.25) is 0 Å². The van der Waals surface area contributed by atoms with E-state index in [1.165, 1.54) is 0 Å². The molecule has 0 fully saturated rings. The van der Waals surface area contributed by atoms with Gasteiger partial charge in [-0.25, -0.2) is 0 Å². The first-order chi connectivity index (χ1) is 8.49. The third-order valence-corrected chi connectivity index (χ3v) is 4.48. The van der Waals surface area contributed by atoms with Gasteiger partial charge in [0.1, 0.15) is 0 Å². The fraction of sp³-hybridized carbons (Fsp3) is 0.143. The molecule has 1 atom stereocenters. The molecule has 2 rings (SSSR count). The van der Waals surface area contributed by atoms with Gasteiger partial charge in [-0.05, 0) is 57.7 Å². The molecule has 1 nitrogen and oxygen atoms in total. The monoisotopic (exact) mass is 343 g/mol. The highest BCUT2D eigenvalue weighted by atomic mass is 79.9. The lowest BCUT2D eigenvalue weighted by atomic mass is 9.99. The highest BCUT2D eigenvalue weighted by molar-refractivity contribution is 9.10. The Morgan fingerprint density at radius 2 is 1.61 bits per heavy atom. The molecule has 0 radical (unpaired) electrons. The van der Waals surface area contributed by atoms with Crippen LogP contribution in [0.3, 0.4) is 0 Å². The Bertz CT molecular complexity index is 533. The van der Waals surface area contributed by atoms with Gasteiger partial charge in [0.25, 0.3) is 0 Å². The molecule has 0 saturated heterocycles. The lowest BCUT2D eigenvalue weighted by Gasteiger charge is -2.14. The van der Waals surface area contributed by atoms with E-state index in [0.717, 1.165) is 26.2 Å². The number of hydrogen-bond acceptors (Lipinski definition) is 1. The van der Waals surface area contributed by atoms with Crippen molar-refractivity contribution in [2.45, 2.75) is 13.0 Å². The Kier molecular flexibility index (Phi) is 4.33. The lowest BCUT2D eigenvalue weighted by Crippen LogP contribution is -2.11. The van der Waals surface area contributed by atoms with Crippen LogP contribution in [-0.4, -0.2) is 0 Å². The number of halogens is 3. The van der Waals surface area contributed by atoms with Gasteiger partial charge in [0.05, 0.1) is 11.1 Å². The van der Waals surface area contributed by atoms with Gasteiger partial charge < -0.3 is 5.73 Å². The van der Waals surface area contributed by atoms with Crippen molar-refractivity contribution in [3.8, 4) is 0 Å². The van der Waals surface area contributed by atoms with Gasteiger partial charge in [-0.15, -0.1) is 0 Å². The molecule has 2 aromatic rings. The standard InChI is InChI=1S/C14H12BrCl2N/c1-8-2-3-10(7-13(8)17)14(18)9-4-5-12(16)11(15)6-9/h2-7,14H,18H2,1H3. The van der Waals surface area contributed by atoms with Crippen LogP contribution in [0.5, 0.6) is 0 Å². The highest BCUT2D eigenvalue weighted by Gasteiger charge is 2.11. The number of nitrogens with two attached hydrogens (primary N) is 1. The van der Waals surface area contributed by atoms with Crippen LogP contribution in [0.15, 0.2) is 40.9 Å². The molecule has 94 valence electrons. The highest BCUT2D eigenvalue weighted by Crippen LogP contribution is 2.29.